The number of anilines is 2. The minimum absolute atomic E-state index is 0.277. The summed E-state index contributed by atoms with van der Waals surface area (Å²) in [5.41, 5.74) is 5.74. The maximum atomic E-state index is 12.8. The second-order valence-electron chi connectivity index (χ2n) is 8.31. The van der Waals surface area contributed by atoms with Gasteiger partial charge in [-0.3, -0.25) is 14.5 Å². The van der Waals surface area contributed by atoms with Gasteiger partial charge in [0.05, 0.1) is 5.57 Å². The second kappa shape index (κ2) is 8.55. The zero-order valence-corrected chi connectivity index (χ0v) is 18.7. The summed E-state index contributed by atoms with van der Waals surface area (Å²) in [5.74, 6) is -0.584. The van der Waals surface area contributed by atoms with E-state index < -0.39 is 0 Å². The zero-order valence-electron chi connectivity index (χ0n) is 18.7. The Morgan fingerprint density at radius 2 is 1.55 bits per heavy atom. The SMILES string of the molecule is CCN1CCN(c2ccc(NC3=C(c4ccc(C)c(C)c4)C(=O)N(C)C3=O)cc2)CC1. The van der Waals surface area contributed by atoms with Crippen molar-refractivity contribution < 1.29 is 9.59 Å². The zero-order chi connectivity index (χ0) is 22.1. The van der Waals surface area contributed by atoms with Crippen LogP contribution in [0.4, 0.5) is 11.4 Å². The normalized spacial score (nSPS) is 17.7. The number of aryl methyl sites for hydroxylation is 2. The Morgan fingerprint density at radius 1 is 0.871 bits per heavy atom. The highest BCUT2D eigenvalue weighted by Gasteiger charge is 2.36. The molecule has 2 aromatic carbocycles. The van der Waals surface area contributed by atoms with Crippen molar-refractivity contribution >= 4 is 28.8 Å². The topological polar surface area (TPSA) is 55.9 Å². The quantitative estimate of drug-likeness (QED) is 0.756. The maximum absolute atomic E-state index is 12.8. The van der Waals surface area contributed by atoms with Gasteiger partial charge in [-0.05, 0) is 61.3 Å². The molecule has 2 aliphatic heterocycles. The number of likely N-dealkylation sites (N-methyl/N-ethyl adjacent to an activating group) is 2. The van der Waals surface area contributed by atoms with Crippen molar-refractivity contribution in [2.75, 3.05) is 50.0 Å². The van der Waals surface area contributed by atoms with Crippen molar-refractivity contribution in [3.05, 3.63) is 64.9 Å². The van der Waals surface area contributed by atoms with Gasteiger partial charge in [0.15, 0.2) is 0 Å². The Bertz CT molecular complexity index is 1030. The van der Waals surface area contributed by atoms with Crippen molar-refractivity contribution in [1.82, 2.24) is 9.80 Å². The molecule has 0 unspecified atom stereocenters. The average molecular weight is 419 g/mol. The van der Waals surface area contributed by atoms with Crippen LogP contribution >= 0.6 is 0 Å². The van der Waals surface area contributed by atoms with Crippen LogP contribution in [0.15, 0.2) is 48.2 Å². The van der Waals surface area contributed by atoms with E-state index >= 15 is 0 Å². The first-order valence-electron chi connectivity index (χ1n) is 10.9. The molecule has 1 fully saturated rings. The molecule has 6 nitrogen and oxygen atoms in total. The summed E-state index contributed by atoms with van der Waals surface area (Å²) in [6, 6.07) is 14.0. The van der Waals surface area contributed by atoms with E-state index in [1.165, 1.54) is 17.6 Å². The predicted octanol–water partition coefficient (Wildman–Crippen LogP) is 3.27. The molecular formula is C25H30N4O2. The Hall–Kier alpha value is -3.12. The fraction of sp³-hybridized carbons (Fsp3) is 0.360. The second-order valence-corrected chi connectivity index (χ2v) is 8.31. The molecular weight excluding hydrogens is 388 g/mol. The lowest BCUT2D eigenvalue weighted by Crippen LogP contribution is -2.46. The van der Waals surface area contributed by atoms with Gasteiger partial charge < -0.3 is 15.1 Å². The Kier molecular flexibility index (Phi) is 5.83. The largest absolute Gasteiger partial charge is 0.369 e. The van der Waals surface area contributed by atoms with E-state index in [0.29, 0.717) is 11.3 Å². The highest BCUT2D eigenvalue weighted by atomic mass is 16.2. The number of nitrogens with zero attached hydrogens (tertiary/aromatic N) is 3. The van der Waals surface area contributed by atoms with Crippen LogP contribution in [-0.4, -0.2) is 61.4 Å². The predicted molar refractivity (Wildman–Crippen MR) is 125 cm³/mol. The number of benzene rings is 2. The lowest BCUT2D eigenvalue weighted by atomic mass is 9.99. The van der Waals surface area contributed by atoms with Crippen LogP contribution in [0.1, 0.15) is 23.6 Å². The van der Waals surface area contributed by atoms with Crippen molar-refractivity contribution in [2.45, 2.75) is 20.8 Å². The van der Waals surface area contributed by atoms with Crippen LogP contribution in [0.3, 0.4) is 0 Å². The molecule has 2 aromatic rings. The lowest BCUT2D eigenvalue weighted by molar-refractivity contribution is -0.135. The molecule has 0 bridgehead atoms. The monoisotopic (exact) mass is 418 g/mol. The standard InChI is InChI=1S/C25H30N4O2/c1-5-28-12-14-29(15-13-28)21-10-8-20(9-11-21)26-23-22(24(30)27(4)25(23)31)19-7-6-17(2)18(3)16-19/h6-11,16,26H,5,12-15H2,1-4H3. The number of amides is 2. The molecule has 1 saturated heterocycles. The summed E-state index contributed by atoms with van der Waals surface area (Å²) < 4.78 is 0. The molecule has 0 spiro atoms. The van der Waals surface area contributed by atoms with Gasteiger partial charge in [0.25, 0.3) is 11.8 Å². The molecule has 2 heterocycles. The highest BCUT2D eigenvalue weighted by molar-refractivity contribution is 6.36. The Labute approximate surface area is 184 Å². The molecule has 2 amide bonds. The molecule has 1 N–H and O–H groups in total. The first kappa shape index (κ1) is 21.1. The van der Waals surface area contributed by atoms with Crippen LogP contribution in [0.5, 0.6) is 0 Å². The van der Waals surface area contributed by atoms with Crippen LogP contribution in [-0.2, 0) is 9.59 Å². The smallest absolute Gasteiger partial charge is 0.277 e. The van der Waals surface area contributed by atoms with E-state index in [9.17, 15) is 9.59 Å². The number of rotatable bonds is 5. The summed E-state index contributed by atoms with van der Waals surface area (Å²) in [6.07, 6.45) is 0. The molecule has 162 valence electrons. The number of carbonyl (C=O) groups is 2. The minimum Gasteiger partial charge on any atom is -0.369 e. The minimum atomic E-state index is -0.307. The van der Waals surface area contributed by atoms with Crippen LogP contribution in [0.2, 0.25) is 0 Å². The van der Waals surface area contributed by atoms with Crippen LogP contribution < -0.4 is 10.2 Å². The van der Waals surface area contributed by atoms with Crippen molar-refractivity contribution in [3.8, 4) is 0 Å². The highest BCUT2D eigenvalue weighted by Crippen LogP contribution is 2.31. The lowest BCUT2D eigenvalue weighted by Gasteiger charge is -2.35. The number of piperazine rings is 1. The first-order chi connectivity index (χ1) is 14.9. The number of nitrogens with one attached hydrogen (secondary N) is 1. The van der Waals surface area contributed by atoms with Gasteiger partial charge in [-0.15, -0.1) is 0 Å². The fourth-order valence-electron chi connectivity index (χ4n) is 4.14. The number of hydrogen-bond acceptors (Lipinski definition) is 5. The summed E-state index contributed by atoms with van der Waals surface area (Å²) in [5, 5.41) is 3.22. The summed E-state index contributed by atoms with van der Waals surface area (Å²) in [6.45, 7) is 11.5. The molecule has 0 saturated carbocycles. The molecule has 31 heavy (non-hydrogen) atoms. The van der Waals surface area contributed by atoms with Gasteiger partial charge >= 0.3 is 0 Å². The molecule has 6 heteroatoms. The van der Waals surface area contributed by atoms with Crippen LogP contribution in [0, 0.1) is 13.8 Å². The fourth-order valence-corrected chi connectivity index (χ4v) is 4.14. The third-order valence-corrected chi connectivity index (χ3v) is 6.40. The number of imide groups is 1. The molecule has 0 aromatic heterocycles. The number of hydrogen-bond donors (Lipinski definition) is 1. The summed E-state index contributed by atoms with van der Waals surface area (Å²) in [4.78, 5) is 31.6. The van der Waals surface area contributed by atoms with E-state index in [0.717, 1.165) is 55.1 Å². The van der Waals surface area contributed by atoms with Gasteiger partial charge in [0.2, 0.25) is 0 Å². The molecule has 4 rings (SSSR count). The third kappa shape index (κ3) is 4.08. The van der Waals surface area contributed by atoms with E-state index in [-0.39, 0.29) is 11.8 Å². The Balaban J connectivity index is 1.58. The molecule has 0 atom stereocenters. The van der Waals surface area contributed by atoms with Gasteiger partial charge in [0, 0.05) is 44.6 Å². The van der Waals surface area contributed by atoms with E-state index in [2.05, 4.69) is 34.2 Å². The van der Waals surface area contributed by atoms with Gasteiger partial charge in [-0.2, -0.15) is 0 Å². The van der Waals surface area contributed by atoms with E-state index in [1.807, 2.05) is 44.2 Å². The van der Waals surface area contributed by atoms with Gasteiger partial charge in [-0.25, -0.2) is 0 Å². The average Bonchev–Trinajstić information content (AvgIpc) is 3.00. The van der Waals surface area contributed by atoms with Crippen molar-refractivity contribution in [2.24, 2.45) is 0 Å². The van der Waals surface area contributed by atoms with E-state index in [1.54, 1.807) is 0 Å². The van der Waals surface area contributed by atoms with Crippen molar-refractivity contribution in [1.29, 1.82) is 0 Å². The van der Waals surface area contributed by atoms with Gasteiger partial charge in [-0.1, -0.05) is 25.1 Å². The molecule has 2 aliphatic rings. The van der Waals surface area contributed by atoms with Gasteiger partial charge in [0.1, 0.15) is 5.70 Å². The molecule has 0 aliphatic carbocycles. The summed E-state index contributed by atoms with van der Waals surface area (Å²) >= 11 is 0. The maximum Gasteiger partial charge on any atom is 0.277 e. The molecule has 0 radical (unpaired) electrons. The van der Waals surface area contributed by atoms with E-state index in [4.69, 9.17) is 0 Å². The van der Waals surface area contributed by atoms with Crippen LogP contribution in [0.25, 0.3) is 5.57 Å². The third-order valence-electron chi connectivity index (χ3n) is 6.40. The summed E-state index contributed by atoms with van der Waals surface area (Å²) in [7, 11) is 1.53. The number of carbonyl (C=O) groups excluding carboxylic acids is 2. The van der Waals surface area contributed by atoms with Crippen molar-refractivity contribution in [3.63, 3.8) is 0 Å². The first-order valence-corrected chi connectivity index (χ1v) is 10.9. The Morgan fingerprint density at radius 3 is 2.16 bits per heavy atom.